The molecular formula is C29H44F2O3. The van der Waals surface area contributed by atoms with Gasteiger partial charge in [-0.05, 0) is 75.3 Å². The minimum atomic E-state index is -1.16. The molecule has 2 fully saturated rings. The Kier molecular flexibility index (Phi) is 11.1. The van der Waals surface area contributed by atoms with Crippen LogP contribution in [0.5, 0.6) is 11.5 Å². The van der Waals surface area contributed by atoms with Gasteiger partial charge in [0.15, 0.2) is 11.5 Å². The van der Waals surface area contributed by atoms with E-state index < -0.39 is 17.6 Å². The van der Waals surface area contributed by atoms with Crippen LogP contribution >= 0.6 is 0 Å². The van der Waals surface area contributed by atoms with Crippen LogP contribution < -0.4 is 9.47 Å². The van der Waals surface area contributed by atoms with Crippen molar-refractivity contribution in [2.75, 3.05) is 6.61 Å². The summed E-state index contributed by atoms with van der Waals surface area (Å²) in [5.41, 5.74) is 0. The average Bonchev–Trinajstić information content (AvgIpc) is 2.86. The SMILES string of the molecule is CCCCCCCCC1CCC(C2CCC(C(=O)Oc3ccc(OCC)c(F)c3F)CC2)CC1. The number of rotatable bonds is 12. The monoisotopic (exact) mass is 478 g/mol. The summed E-state index contributed by atoms with van der Waals surface area (Å²) in [6.07, 6.45) is 18.7. The lowest BCUT2D eigenvalue weighted by Crippen LogP contribution is -2.30. The molecule has 0 spiro atoms. The molecule has 2 aliphatic carbocycles. The molecule has 1 aromatic carbocycles. The molecule has 0 radical (unpaired) electrons. The molecule has 0 heterocycles. The van der Waals surface area contributed by atoms with Crippen molar-refractivity contribution in [1.82, 2.24) is 0 Å². The minimum absolute atomic E-state index is 0.165. The Bertz CT molecular complexity index is 750. The van der Waals surface area contributed by atoms with E-state index in [0.717, 1.165) is 37.5 Å². The molecule has 192 valence electrons. The summed E-state index contributed by atoms with van der Waals surface area (Å²) in [6.45, 7) is 4.20. The molecule has 34 heavy (non-hydrogen) atoms. The Morgan fingerprint density at radius 3 is 2.00 bits per heavy atom. The molecule has 0 N–H and O–H groups in total. The van der Waals surface area contributed by atoms with E-state index in [1.807, 2.05) is 0 Å². The predicted octanol–water partition coefficient (Wildman–Crippen LogP) is 8.63. The van der Waals surface area contributed by atoms with E-state index in [9.17, 15) is 13.6 Å². The highest BCUT2D eigenvalue weighted by atomic mass is 19.2. The van der Waals surface area contributed by atoms with Crippen LogP contribution in [0.2, 0.25) is 0 Å². The molecule has 0 amide bonds. The van der Waals surface area contributed by atoms with Gasteiger partial charge in [0.25, 0.3) is 0 Å². The number of hydrogen-bond acceptors (Lipinski definition) is 3. The number of halogens is 2. The van der Waals surface area contributed by atoms with E-state index in [1.54, 1.807) is 6.92 Å². The molecule has 0 aromatic heterocycles. The lowest BCUT2D eigenvalue weighted by molar-refractivity contribution is -0.140. The smallest absolute Gasteiger partial charge is 0.314 e. The number of carbonyl (C=O) groups excluding carboxylic acids is 1. The third kappa shape index (κ3) is 7.68. The third-order valence-corrected chi connectivity index (χ3v) is 8.15. The highest BCUT2D eigenvalue weighted by Crippen LogP contribution is 2.42. The van der Waals surface area contributed by atoms with Crippen molar-refractivity contribution in [3.8, 4) is 11.5 Å². The van der Waals surface area contributed by atoms with E-state index >= 15 is 0 Å². The average molecular weight is 479 g/mol. The van der Waals surface area contributed by atoms with E-state index in [1.165, 1.54) is 82.8 Å². The summed E-state index contributed by atoms with van der Waals surface area (Å²) in [5.74, 6) is -1.06. The molecule has 3 rings (SSSR count). The van der Waals surface area contributed by atoms with Crippen LogP contribution in [0.15, 0.2) is 12.1 Å². The number of benzene rings is 1. The standard InChI is InChI=1S/C29H44F2O3/c1-3-5-6-7-8-9-10-21-11-13-22(14-12-21)23-15-17-24(18-16-23)29(32)34-26-20-19-25(33-4-2)27(30)28(26)31/h19-24H,3-18H2,1-2H3. The Balaban J connectivity index is 1.36. The highest BCUT2D eigenvalue weighted by molar-refractivity contribution is 5.75. The number of unbranched alkanes of at least 4 members (excludes halogenated alkanes) is 5. The summed E-state index contributed by atoms with van der Waals surface area (Å²) in [5, 5.41) is 0. The number of carbonyl (C=O) groups is 1. The molecule has 1 aromatic rings. The summed E-state index contributed by atoms with van der Waals surface area (Å²) in [7, 11) is 0. The van der Waals surface area contributed by atoms with Gasteiger partial charge >= 0.3 is 5.97 Å². The van der Waals surface area contributed by atoms with E-state index in [-0.39, 0.29) is 24.0 Å². The second-order valence-electron chi connectivity index (χ2n) is 10.5. The topological polar surface area (TPSA) is 35.5 Å². The lowest BCUT2D eigenvalue weighted by Gasteiger charge is -2.37. The van der Waals surface area contributed by atoms with Crippen molar-refractivity contribution in [3.05, 3.63) is 23.8 Å². The van der Waals surface area contributed by atoms with Crippen LogP contribution in [-0.4, -0.2) is 12.6 Å². The number of esters is 1. The minimum Gasteiger partial charge on any atom is -0.491 e. The summed E-state index contributed by atoms with van der Waals surface area (Å²) in [4.78, 5) is 12.6. The summed E-state index contributed by atoms with van der Waals surface area (Å²) in [6, 6.07) is 2.58. The largest absolute Gasteiger partial charge is 0.491 e. The van der Waals surface area contributed by atoms with Gasteiger partial charge in [0, 0.05) is 0 Å². The van der Waals surface area contributed by atoms with Crippen LogP contribution in [0.25, 0.3) is 0 Å². The first-order valence-corrected chi connectivity index (χ1v) is 13.9. The van der Waals surface area contributed by atoms with Gasteiger partial charge in [0.1, 0.15) is 0 Å². The molecule has 2 aliphatic rings. The maximum Gasteiger partial charge on any atom is 0.314 e. The van der Waals surface area contributed by atoms with Gasteiger partial charge in [0.05, 0.1) is 12.5 Å². The number of hydrogen-bond donors (Lipinski definition) is 0. The lowest BCUT2D eigenvalue weighted by atomic mass is 9.68. The van der Waals surface area contributed by atoms with Gasteiger partial charge in [-0.15, -0.1) is 0 Å². The van der Waals surface area contributed by atoms with E-state index in [4.69, 9.17) is 9.47 Å². The first-order valence-electron chi connectivity index (χ1n) is 13.9. The van der Waals surface area contributed by atoms with Crippen molar-refractivity contribution in [2.24, 2.45) is 23.7 Å². The molecule has 0 saturated heterocycles. The van der Waals surface area contributed by atoms with Crippen LogP contribution in [0, 0.1) is 35.3 Å². The van der Waals surface area contributed by atoms with Crippen LogP contribution in [0.1, 0.15) is 110 Å². The van der Waals surface area contributed by atoms with Crippen molar-refractivity contribution in [3.63, 3.8) is 0 Å². The molecule has 2 saturated carbocycles. The zero-order chi connectivity index (χ0) is 24.3. The van der Waals surface area contributed by atoms with Crippen LogP contribution in [0.3, 0.4) is 0 Å². The normalized spacial score (nSPS) is 25.2. The fourth-order valence-corrected chi connectivity index (χ4v) is 6.04. The van der Waals surface area contributed by atoms with Gasteiger partial charge in [-0.3, -0.25) is 4.79 Å². The Hall–Kier alpha value is -1.65. The zero-order valence-electron chi connectivity index (χ0n) is 21.3. The molecule has 5 heteroatoms. The Labute approximate surface area is 205 Å². The van der Waals surface area contributed by atoms with Crippen LogP contribution in [-0.2, 0) is 4.79 Å². The Morgan fingerprint density at radius 1 is 0.794 bits per heavy atom. The second-order valence-corrected chi connectivity index (χ2v) is 10.5. The van der Waals surface area contributed by atoms with Crippen molar-refractivity contribution >= 4 is 5.97 Å². The maximum atomic E-state index is 14.3. The quantitative estimate of drug-likeness (QED) is 0.171. The molecule has 0 atom stereocenters. The van der Waals surface area contributed by atoms with Crippen molar-refractivity contribution in [1.29, 1.82) is 0 Å². The van der Waals surface area contributed by atoms with E-state index in [2.05, 4.69) is 6.92 Å². The molecule has 3 nitrogen and oxygen atoms in total. The number of ether oxygens (including phenoxy) is 2. The van der Waals surface area contributed by atoms with Gasteiger partial charge in [0.2, 0.25) is 11.6 Å². The van der Waals surface area contributed by atoms with E-state index in [0.29, 0.717) is 5.92 Å². The second kappa shape index (κ2) is 14.0. The molecule has 0 bridgehead atoms. The zero-order valence-corrected chi connectivity index (χ0v) is 21.3. The molecule has 0 unspecified atom stereocenters. The van der Waals surface area contributed by atoms with Crippen molar-refractivity contribution < 1.29 is 23.0 Å². The molecular weight excluding hydrogens is 434 g/mol. The first-order chi connectivity index (χ1) is 16.5. The third-order valence-electron chi connectivity index (χ3n) is 8.15. The van der Waals surface area contributed by atoms with Crippen molar-refractivity contribution in [2.45, 2.75) is 110 Å². The van der Waals surface area contributed by atoms with Gasteiger partial charge in [-0.1, -0.05) is 64.7 Å². The first kappa shape index (κ1) is 26.9. The molecule has 0 aliphatic heterocycles. The fraction of sp³-hybridized carbons (Fsp3) is 0.759. The summed E-state index contributed by atoms with van der Waals surface area (Å²) < 4.78 is 38.6. The fourth-order valence-electron chi connectivity index (χ4n) is 6.04. The van der Waals surface area contributed by atoms with Crippen LogP contribution in [0.4, 0.5) is 8.78 Å². The summed E-state index contributed by atoms with van der Waals surface area (Å²) >= 11 is 0. The maximum absolute atomic E-state index is 14.3. The predicted molar refractivity (Wildman–Crippen MR) is 132 cm³/mol. The van der Waals surface area contributed by atoms with Gasteiger partial charge < -0.3 is 9.47 Å². The van der Waals surface area contributed by atoms with Gasteiger partial charge in [-0.2, -0.15) is 8.78 Å². The Morgan fingerprint density at radius 2 is 1.35 bits per heavy atom. The van der Waals surface area contributed by atoms with Gasteiger partial charge in [-0.25, -0.2) is 0 Å². The highest BCUT2D eigenvalue weighted by Gasteiger charge is 2.34.